The van der Waals surface area contributed by atoms with Gasteiger partial charge in [0.1, 0.15) is 12.4 Å². The van der Waals surface area contributed by atoms with Crippen molar-refractivity contribution in [2.24, 2.45) is 0 Å². The van der Waals surface area contributed by atoms with Gasteiger partial charge in [-0.3, -0.25) is 0 Å². The first kappa shape index (κ1) is 8.62. The van der Waals surface area contributed by atoms with E-state index >= 15 is 0 Å². The first-order valence-electron chi connectivity index (χ1n) is 4.23. The molecule has 0 amide bonds. The van der Waals surface area contributed by atoms with Gasteiger partial charge in [-0.2, -0.15) is 0 Å². The van der Waals surface area contributed by atoms with Crippen LogP contribution >= 0.6 is 0 Å². The fourth-order valence-corrected chi connectivity index (χ4v) is 1.08. The molecule has 2 N–H and O–H groups in total. The van der Waals surface area contributed by atoms with Crippen molar-refractivity contribution in [3.05, 3.63) is 42.3 Å². The van der Waals surface area contributed by atoms with E-state index in [0.717, 1.165) is 0 Å². The number of anilines is 1. The summed E-state index contributed by atoms with van der Waals surface area (Å²) in [4.78, 5) is 0. The van der Waals surface area contributed by atoms with Crippen molar-refractivity contribution in [2.75, 3.05) is 5.73 Å². The predicted molar refractivity (Wildman–Crippen MR) is 51.7 cm³/mol. The van der Waals surface area contributed by atoms with Crippen molar-refractivity contribution >= 4 is 5.69 Å². The van der Waals surface area contributed by atoms with E-state index in [1.165, 1.54) is 0 Å². The average molecular weight is 190 g/mol. The molecule has 0 bridgehead atoms. The van der Waals surface area contributed by atoms with Crippen LogP contribution in [0.15, 0.2) is 41.1 Å². The molecule has 0 radical (unpaired) electrons. The SMILES string of the molecule is Nc1ccccc1OCc1ccno1. The summed E-state index contributed by atoms with van der Waals surface area (Å²) in [7, 11) is 0. The molecule has 0 aliphatic rings. The van der Waals surface area contributed by atoms with Crippen LogP contribution in [-0.4, -0.2) is 5.16 Å². The molecule has 0 atom stereocenters. The van der Waals surface area contributed by atoms with E-state index in [9.17, 15) is 0 Å². The fraction of sp³-hybridized carbons (Fsp3) is 0.100. The Labute approximate surface area is 81.3 Å². The van der Waals surface area contributed by atoms with Crippen LogP contribution in [0.5, 0.6) is 5.75 Å². The average Bonchev–Trinajstić information content (AvgIpc) is 2.69. The first-order chi connectivity index (χ1) is 6.86. The molecule has 0 aliphatic carbocycles. The number of para-hydroxylation sites is 2. The molecule has 0 aliphatic heterocycles. The highest BCUT2D eigenvalue weighted by Gasteiger charge is 2.01. The Bertz CT molecular complexity index is 398. The lowest BCUT2D eigenvalue weighted by atomic mass is 10.3. The molecule has 0 unspecified atom stereocenters. The molecule has 1 aromatic heterocycles. The number of nitrogen functional groups attached to an aromatic ring is 1. The fourth-order valence-electron chi connectivity index (χ4n) is 1.08. The van der Waals surface area contributed by atoms with Gasteiger partial charge < -0.3 is 15.0 Å². The second-order valence-electron chi connectivity index (χ2n) is 2.81. The molecule has 1 heterocycles. The second kappa shape index (κ2) is 3.83. The van der Waals surface area contributed by atoms with Gasteiger partial charge >= 0.3 is 0 Å². The number of aromatic nitrogens is 1. The molecular formula is C10H10N2O2. The maximum atomic E-state index is 5.69. The summed E-state index contributed by atoms with van der Waals surface area (Å²) in [6.45, 7) is 0.341. The number of ether oxygens (including phenoxy) is 1. The highest BCUT2D eigenvalue weighted by molar-refractivity contribution is 5.51. The Morgan fingerprint density at radius 2 is 2.14 bits per heavy atom. The Morgan fingerprint density at radius 1 is 1.29 bits per heavy atom. The maximum Gasteiger partial charge on any atom is 0.174 e. The molecular weight excluding hydrogens is 180 g/mol. The van der Waals surface area contributed by atoms with Crippen LogP contribution in [0.25, 0.3) is 0 Å². The molecule has 4 heteroatoms. The molecule has 0 spiro atoms. The van der Waals surface area contributed by atoms with E-state index < -0.39 is 0 Å². The van der Waals surface area contributed by atoms with Crippen LogP contribution in [0, 0.1) is 0 Å². The maximum absolute atomic E-state index is 5.69. The zero-order valence-electron chi connectivity index (χ0n) is 7.51. The van der Waals surface area contributed by atoms with Crippen molar-refractivity contribution < 1.29 is 9.26 Å². The molecule has 0 saturated heterocycles. The van der Waals surface area contributed by atoms with Gasteiger partial charge in [-0.15, -0.1) is 0 Å². The highest BCUT2D eigenvalue weighted by atomic mass is 16.5. The van der Waals surface area contributed by atoms with E-state index in [2.05, 4.69) is 5.16 Å². The van der Waals surface area contributed by atoms with Gasteiger partial charge in [-0.25, -0.2) is 0 Å². The second-order valence-corrected chi connectivity index (χ2v) is 2.81. The third kappa shape index (κ3) is 1.85. The normalized spacial score (nSPS) is 10.0. The molecule has 2 aromatic rings. The van der Waals surface area contributed by atoms with Gasteiger partial charge in [0.25, 0.3) is 0 Å². The van der Waals surface area contributed by atoms with Gasteiger partial charge in [0.05, 0.1) is 11.9 Å². The summed E-state index contributed by atoms with van der Waals surface area (Å²) in [6.07, 6.45) is 1.58. The summed E-state index contributed by atoms with van der Waals surface area (Å²) < 4.78 is 10.3. The van der Waals surface area contributed by atoms with Gasteiger partial charge in [0, 0.05) is 6.07 Å². The summed E-state index contributed by atoms with van der Waals surface area (Å²) in [5.74, 6) is 1.33. The molecule has 0 fully saturated rings. The molecule has 2 rings (SSSR count). The number of rotatable bonds is 3. The van der Waals surface area contributed by atoms with Crippen LogP contribution in [0.2, 0.25) is 0 Å². The van der Waals surface area contributed by atoms with Crippen molar-refractivity contribution in [1.82, 2.24) is 5.16 Å². The summed E-state index contributed by atoms with van der Waals surface area (Å²) in [6, 6.07) is 9.07. The first-order valence-corrected chi connectivity index (χ1v) is 4.23. The third-order valence-electron chi connectivity index (χ3n) is 1.78. The van der Waals surface area contributed by atoms with Gasteiger partial charge in [0.15, 0.2) is 5.76 Å². The summed E-state index contributed by atoms with van der Waals surface area (Å²) in [5, 5.41) is 3.57. The van der Waals surface area contributed by atoms with Crippen molar-refractivity contribution in [3.8, 4) is 5.75 Å². The van der Waals surface area contributed by atoms with Crippen LogP contribution < -0.4 is 10.5 Å². The van der Waals surface area contributed by atoms with E-state index in [1.54, 1.807) is 18.3 Å². The number of nitrogens with zero attached hydrogens (tertiary/aromatic N) is 1. The zero-order chi connectivity index (χ0) is 9.80. The van der Waals surface area contributed by atoms with Crippen LogP contribution in [-0.2, 0) is 6.61 Å². The lowest BCUT2D eigenvalue weighted by Gasteiger charge is -2.05. The zero-order valence-corrected chi connectivity index (χ0v) is 7.51. The number of nitrogens with two attached hydrogens (primary N) is 1. The van der Waals surface area contributed by atoms with E-state index in [-0.39, 0.29) is 0 Å². The lowest BCUT2D eigenvalue weighted by molar-refractivity contribution is 0.250. The van der Waals surface area contributed by atoms with Crippen molar-refractivity contribution in [2.45, 2.75) is 6.61 Å². The topological polar surface area (TPSA) is 61.3 Å². The van der Waals surface area contributed by atoms with E-state index in [0.29, 0.717) is 23.8 Å². The highest BCUT2D eigenvalue weighted by Crippen LogP contribution is 2.20. The largest absolute Gasteiger partial charge is 0.483 e. The minimum Gasteiger partial charge on any atom is -0.483 e. The summed E-state index contributed by atoms with van der Waals surface area (Å²) in [5.41, 5.74) is 6.31. The Balaban J connectivity index is 2.02. The number of hydrogen-bond donors (Lipinski definition) is 1. The quantitative estimate of drug-likeness (QED) is 0.750. The molecule has 1 aromatic carbocycles. The number of benzene rings is 1. The van der Waals surface area contributed by atoms with Gasteiger partial charge in [-0.1, -0.05) is 17.3 Å². The van der Waals surface area contributed by atoms with E-state index in [4.69, 9.17) is 15.0 Å². The minimum atomic E-state index is 0.341. The molecule has 4 nitrogen and oxygen atoms in total. The van der Waals surface area contributed by atoms with Crippen LogP contribution in [0.1, 0.15) is 5.76 Å². The van der Waals surface area contributed by atoms with Crippen LogP contribution in [0.3, 0.4) is 0 Å². The molecule has 0 saturated carbocycles. The van der Waals surface area contributed by atoms with Crippen molar-refractivity contribution in [1.29, 1.82) is 0 Å². The minimum absolute atomic E-state index is 0.341. The standard InChI is InChI=1S/C10H10N2O2/c11-9-3-1-2-4-10(9)13-7-8-5-6-12-14-8/h1-6H,7,11H2. The Morgan fingerprint density at radius 3 is 2.86 bits per heavy atom. The summed E-state index contributed by atoms with van der Waals surface area (Å²) >= 11 is 0. The number of hydrogen-bond acceptors (Lipinski definition) is 4. The van der Waals surface area contributed by atoms with Gasteiger partial charge in [0.2, 0.25) is 0 Å². The third-order valence-corrected chi connectivity index (χ3v) is 1.78. The smallest absolute Gasteiger partial charge is 0.174 e. The van der Waals surface area contributed by atoms with E-state index in [1.807, 2.05) is 18.2 Å². The Hall–Kier alpha value is -1.97. The predicted octanol–water partition coefficient (Wildman–Crippen LogP) is 1.84. The molecule has 72 valence electrons. The van der Waals surface area contributed by atoms with Crippen LogP contribution in [0.4, 0.5) is 5.69 Å². The monoisotopic (exact) mass is 190 g/mol. The molecule has 14 heavy (non-hydrogen) atoms. The lowest BCUT2D eigenvalue weighted by Crippen LogP contribution is -1.97. The Kier molecular flexibility index (Phi) is 2.36. The van der Waals surface area contributed by atoms with Crippen molar-refractivity contribution in [3.63, 3.8) is 0 Å². The van der Waals surface area contributed by atoms with Gasteiger partial charge in [-0.05, 0) is 12.1 Å².